The molecule has 2 heterocycles. The summed E-state index contributed by atoms with van der Waals surface area (Å²) in [6, 6.07) is 5.26. The van der Waals surface area contributed by atoms with E-state index in [4.69, 9.17) is 23.2 Å². The molecule has 0 radical (unpaired) electrons. The quantitative estimate of drug-likeness (QED) is 0.676. The summed E-state index contributed by atoms with van der Waals surface area (Å²) in [6.07, 6.45) is 6.63. The molecular weight excluding hydrogens is 339 g/mol. The van der Waals surface area contributed by atoms with Crippen LogP contribution in [0.15, 0.2) is 28.1 Å². The van der Waals surface area contributed by atoms with Crippen LogP contribution in [0.25, 0.3) is 6.08 Å². The fourth-order valence-corrected chi connectivity index (χ4v) is 3.97. The Balaban J connectivity index is 1.77. The Morgan fingerprint density at radius 1 is 1.14 bits per heavy atom. The van der Waals surface area contributed by atoms with Gasteiger partial charge in [0.2, 0.25) is 0 Å². The van der Waals surface area contributed by atoms with Gasteiger partial charge in [-0.1, -0.05) is 42.1 Å². The summed E-state index contributed by atoms with van der Waals surface area (Å²) in [7, 11) is 0. The highest BCUT2D eigenvalue weighted by molar-refractivity contribution is 8.18. The van der Waals surface area contributed by atoms with Gasteiger partial charge in [-0.15, -0.1) is 0 Å². The Kier molecular flexibility index (Phi) is 5.11. The van der Waals surface area contributed by atoms with Gasteiger partial charge in [0.15, 0.2) is 5.17 Å². The van der Waals surface area contributed by atoms with E-state index < -0.39 is 0 Å². The molecule has 1 amide bonds. The molecule has 2 aliphatic heterocycles. The number of amides is 1. The van der Waals surface area contributed by atoms with E-state index in [1.165, 1.54) is 24.6 Å². The number of carbonyl (C=O) groups excluding carboxylic acids is 1. The second kappa shape index (κ2) is 7.07. The largest absolute Gasteiger partial charge is 0.351 e. The van der Waals surface area contributed by atoms with Gasteiger partial charge in [0.05, 0.1) is 4.91 Å². The van der Waals surface area contributed by atoms with E-state index in [2.05, 4.69) is 9.89 Å². The minimum atomic E-state index is -0.185. The number of benzene rings is 1. The van der Waals surface area contributed by atoms with Gasteiger partial charge in [-0.2, -0.15) is 4.99 Å². The summed E-state index contributed by atoms with van der Waals surface area (Å²) >= 11 is 13.5. The van der Waals surface area contributed by atoms with Crippen LogP contribution in [0, 0.1) is 0 Å². The molecule has 116 valence electrons. The predicted octanol–water partition coefficient (Wildman–Crippen LogP) is 4.84. The molecule has 0 N–H and O–H groups in total. The SMILES string of the molecule is O=C1N=C(N2CCCCCC2)S/C1=C/c1ccc(Cl)cc1Cl. The number of likely N-dealkylation sites (tertiary alicyclic amines) is 1. The molecule has 0 bridgehead atoms. The van der Waals surface area contributed by atoms with Crippen molar-refractivity contribution in [3.63, 3.8) is 0 Å². The summed E-state index contributed by atoms with van der Waals surface area (Å²) in [5.74, 6) is -0.185. The van der Waals surface area contributed by atoms with Crippen LogP contribution in [-0.4, -0.2) is 29.1 Å². The molecule has 0 saturated carbocycles. The topological polar surface area (TPSA) is 32.7 Å². The van der Waals surface area contributed by atoms with Crippen LogP contribution in [-0.2, 0) is 4.79 Å². The average molecular weight is 355 g/mol. The molecule has 0 unspecified atom stereocenters. The van der Waals surface area contributed by atoms with Crippen molar-refractivity contribution >= 4 is 52.1 Å². The molecule has 0 aliphatic carbocycles. The maximum absolute atomic E-state index is 12.1. The fraction of sp³-hybridized carbons (Fsp3) is 0.375. The highest BCUT2D eigenvalue weighted by Gasteiger charge is 2.26. The van der Waals surface area contributed by atoms with Crippen LogP contribution in [0.2, 0.25) is 10.0 Å². The Labute approximate surface area is 144 Å². The van der Waals surface area contributed by atoms with Crippen molar-refractivity contribution in [3.05, 3.63) is 38.7 Å². The number of halogens is 2. The number of aliphatic imine (C=N–C) groups is 1. The van der Waals surface area contributed by atoms with Crippen molar-refractivity contribution in [3.8, 4) is 0 Å². The lowest BCUT2D eigenvalue weighted by Crippen LogP contribution is -2.28. The molecule has 2 aliphatic rings. The first kappa shape index (κ1) is 15.9. The summed E-state index contributed by atoms with van der Waals surface area (Å²) in [4.78, 5) is 19.2. The number of rotatable bonds is 1. The third-order valence-corrected chi connectivity index (χ3v) is 5.34. The van der Waals surface area contributed by atoms with E-state index in [1.807, 2.05) is 6.07 Å². The number of amidine groups is 1. The lowest BCUT2D eigenvalue weighted by atomic mass is 10.2. The van der Waals surface area contributed by atoms with Crippen LogP contribution in [0.3, 0.4) is 0 Å². The van der Waals surface area contributed by atoms with Crippen LogP contribution >= 0.6 is 35.0 Å². The smallest absolute Gasteiger partial charge is 0.286 e. The van der Waals surface area contributed by atoms with Gasteiger partial charge in [0, 0.05) is 23.1 Å². The maximum Gasteiger partial charge on any atom is 0.286 e. The van der Waals surface area contributed by atoms with E-state index in [9.17, 15) is 4.79 Å². The number of nitrogens with zero attached hydrogens (tertiary/aromatic N) is 2. The van der Waals surface area contributed by atoms with E-state index in [0.717, 1.165) is 36.7 Å². The highest BCUT2D eigenvalue weighted by Crippen LogP contribution is 2.33. The Bertz CT molecular complexity index is 650. The van der Waals surface area contributed by atoms with Crippen LogP contribution in [0.5, 0.6) is 0 Å². The van der Waals surface area contributed by atoms with Crippen molar-refractivity contribution in [1.29, 1.82) is 0 Å². The Morgan fingerprint density at radius 2 is 1.86 bits per heavy atom. The van der Waals surface area contributed by atoms with Gasteiger partial charge in [-0.05, 0) is 48.4 Å². The molecule has 1 aromatic carbocycles. The van der Waals surface area contributed by atoms with Crippen molar-refractivity contribution in [1.82, 2.24) is 4.90 Å². The molecular formula is C16H16Cl2N2OS. The first-order chi connectivity index (χ1) is 10.6. The third kappa shape index (κ3) is 3.67. The third-order valence-electron chi connectivity index (χ3n) is 3.73. The van der Waals surface area contributed by atoms with Crippen molar-refractivity contribution in [2.45, 2.75) is 25.7 Å². The van der Waals surface area contributed by atoms with Gasteiger partial charge < -0.3 is 4.90 Å². The van der Waals surface area contributed by atoms with Crippen molar-refractivity contribution in [2.24, 2.45) is 4.99 Å². The second-order valence-electron chi connectivity index (χ2n) is 5.38. The molecule has 22 heavy (non-hydrogen) atoms. The summed E-state index contributed by atoms with van der Waals surface area (Å²) in [5, 5.41) is 1.94. The number of hydrogen-bond donors (Lipinski definition) is 0. The molecule has 1 aromatic rings. The van der Waals surface area contributed by atoms with E-state index in [-0.39, 0.29) is 5.91 Å². The van der Waals surface area contributed by atoms with Crippen LogP contribution < -0.4 is 0 Å². The zero-order valence-corrected chi connectivity index (χ0v) is 14.3. The van der Waals surface area contributed by atoms with Crippen LogP contribution in [0.4, 0.5) is 0 Å². The number of carbonyl (C=O) groups is 1. The summed E-state index contributed by atoms with van der Waals surface area (Å²) in [6.45, 7) is 1.96. The maximum atomic E-state index is 12.1. The molecule has 3 rings (SSSR count). The van der Waals surface area contributed by atoms with E-state index in [0.29, 0.717) is 15.0 Å². The van der Waals surface area contributed by atoms with Gasteiger partial charge in [0.25, 0.3) is 5.91 Å². The number of hydrogen-bond acceptors (Lipinski definition) is 3. The van der Waals surface area contributed by atoms with Gasteiger partial charge in [-0.3, -0.25) is 4.79 Å². The van der Waals surface area contributed by atoms with Gasteiger partial charge in [0.1, 0.15) is 0 Å². The normalized spacial score (nSPS) is 21.2. The molecule has 1 saturated heterocycles. The average Bonchev–Trinajstić information content (AvgIpc) is 2.70. The summed E-state index contributed by atoms with van der Waals surface area (Å²) < 4.78 is 0. The molecule has 3 nitrogen and oxygen atoms in total. The Hall–Kier alpha value is -0.970. The molecule has 6 heteroatoms. The first-order valence-corrected chi connectivity index (χ1v) is 8.93. The fourth-order valence-electron chi connectivity index (χ4n) is 2.56. The van der Waals surface area contributed by atoms with Crippen molar-refractivity contribution < 1.29 is 4.79 Å². The molecule has 0 atom stereocenters. The molecule has 0 spiro atoms. The van der Waals surface area contributed by atoms with Crippen LogP contribution in [0.1, 0.15) is 31.2 Å². The predicted molar refractivity (Wildman–Crippen MR) is 94.5 cm³/mol. The lowest BCUT2D eigenvalue weighted by molar-refractivity contribution is -0.113. The van der Waals surface area contributed by atoms with Gasteiger partial charge >= 0.3 is 0 Å². The van der Waals surface area contributed by atoms with E-state index in [1.54, 1.807) is 18.2 Å². The monoisotopic (exact) mass is 354 g/mol. The summed E-state index contributed by atoms with van der Waals surface area (Å²) in [5.41, 5.74) is 0.786. The zero-order valence-electron chi connectivity index (χ0n) is 12.0. The molecule has 0 aromatic heterocycles. The highest BCUT2D eigenvalue weighted by atomic mass is 35.5. The molecule has 1 fully saturated rings. The Morgan fingerprint density at radius 3 is 2.55 bits per heavy atom. The minimum Gasteiger partial charge on any atom is -0.351 e. The van der Waals surface area contributed by atoms with Gasteiger partial charge in [-0.25, -0.2) is 0 Å². The lowest BCUT2D eigenvalue weighted by Gasteiger charge is -2.20. The standard InChI is InChI=1S/C16H16Cl2N2OS/c17-12-6-5-11(13(18)10-12)9-14-15(21)19-16(22-14)20-7-3-1-2-4-8-20/h5-6,9-10H,1-4,7-8H2/b14-9+. The number of thioether (sulfide) groups is 1. The zero-order chi connectivity index (χ0) is 15.5. The van der Waals surface area contributed by atoms with E-state index >= 15 is 0 Å². The second-order valence-corrected chi connectivity index (χ2v) is 7.23. The minimum absolute atomic E-state index is 0.185. The van der Waals surface area contributed by atoms with Crippen molar-refractivity contribution in [2.75, 3.05) is 13.1 Å². The first-order valence-electron chi connectivity index (χ1n) is 7.36.